The van der Waals surface area contributed by atoms with Crippen LogP contribution in [0, 0.1) is 6.92 Å². The molecule has 2 aromatic heterocycles. The Morgan fingerprint density at radius 2 is 1.79 bits per heavy atom. The van der Waals surface area contributed by atoms with Gasteiger partial charge in [0.15, 0.2) is 5.82 Å². The minimum absolute atomic E-state index is 0.249. The summed E-state index contributed by atoms with van der Waals surface area (Å²) in [7, 11) is 1.63. The number of ether oxygens (including phenoxy) is 3. The SMILES string of the molecule is COc1ccc(-c2nc(COc3ccc(-c4noc(=O)[nH]4)c(C)c3)c(CN3CCOCC3)o2)cc1.O=C(O)C(F)(F)F. The molecule has 4 aromatic rings. The Labute approximate surface area is 236 Å². The van der Waals surface area contributed by atoms with Crippen LogP contribution in [0.15, 0.2) is 56.2 Å². The van der Waals surface area contributed by atoms with Crippen molar-refractivity contribution in [3.8, 4) is 34.3 Å². The number of aromatic amines is 1. The number of hydrogen-bond acceptors (Lipinski definition) is 10. The predicted octanol–water partition coefficient (Wildman–Crippen LogP) is 4.05. The Morgan fingerprint density at radius 3 is 2.36 bits per heavy atom. The third kappa shape index (κ3) is 7.98. The van der Waals surface area contributed by atoms with Gasteiger partial charge in [0.25, 0.3) is 0 Å². The Morgan fingerprint density at radius 1 is 1.12 bits per heavy atom. The first-order chi connectivity index (χ1) is 20.0. The first kappa shape index (κ1) is 30.3. The molecule has 1 aliphatic rings. The maximum absolute atomic E-state index is 11.3. The number of methoxy groups -OCH3 is 1. The van der Waals surface area contributed by atoms with E-state index in [0.717, 1.165) is 47.0 Å². The lowest BCUT2D eigenvalue weighted by Gasteiger charge is -2.25. The number of nitrogens with one attached hydrogen (secondary N) is 1. The fourth-order valence-electron chi connectivity index (χ4n) is 3.93. The van der Waals surface area contributed by atoms with Crippen LogP contribution in [0.3, 0.4) is 0 Å². The van der Waals surface area contributed by atoms with Crippen molar-refractivity contribution >= 4 is 5.97 Å². The predicted molar refractivity (Wildman–Crippen MR) is 140 cm³/mol. The number of alkyl halides is 3. The van der Waals surface area contributed by atoms with Crippen LogP contribution in [0.25, 0.3) is 22.8 Å². The molecule has 0 bridgehead atoms. The van der Waals surface area contributed by atoms with Crippen LogP contribution in [0.2, 0.25) is 0 Å². The first-order valence-electron chi connectivity index (χ1n) is 12.6. The molecule has 1 saturated heterocycles. The maximum atomic E-state index is 11.3. The van der Waals surface area contributed by atoms with Gasteiger partial charge in [0.1, 0.15) is 29.6 Å². The fourth-order valence-corrected chi connectivity index (χ4v) is 3.93. The Balaban J connectivity index is 0.000000517. The van der Waals surface area contributed by atoms with Crippen LogP contribution in [0.4, 0.5) is 13.2 Å². The highest BCUT2D eigenvalue weighted by Gasteiger charge is 2.38. The summed E-state index contributed by atoms with van der Waals surface area (Å²) >= 11 is 0. The van der Waals surface area contributed by atoms with Crippen LogP contribution in [0.5, 0.6) is 11.5 Å². The number of H-pyrrole nitrogens is 1. The molecule has 3 heterocycles. The van der Waals surface area contributed by atoms with Crippen molar-refractivity contribution in [2.75, 3.05) is 33.4 Å². The number of morpholine rings is 1. The van der Waals surface area contributed by atoms with E-state index >= 15 is 0 Å². The molecule has 224 valence electrons. The zero-order valence-electron chi connectivity index (χ0n) is 22.6. The minimum Gasteiger partial charge on any atom is -0.497 e. The lowest BCUT2D eigenvalue weighted by Crippen LogP contribution is -2.35. The van der Waals surface area contributed by atoms with Gasteiger partial charge in [-0.05, 0) is 55.0 Å². The molecule has 2 aromatic carbocycles. The number of aryl methyl sites for hydroxylation is 1. The fraction of sp³-hybridized carbons (Fsp3) is 0.333. The summed E-state index contributed by atoms with van der Waals surface area (Å²) in [4.78, 5) is 29.8. The third-order valence-corrected chi connectivity index (χ3v) is 6.10. The number of carboxylic acid groups (broad SMARTS) is 1. The topological polar surface area (TPSA) is 153 Å². The van der Waals surface area contributed by atoms with Gasteiger partial charge < -0.3 is 23.7 Å². The van der Waals surface area contributed by atoms with E-state index in [1.807, 2.05) is 49.4 Å². The van der Waals surface area contributed by atoms with Gasteiger partial charge in [0.05, 0.1) is 26.9 Å². The van der Waals surface area contributed by atoms with Crippen molar-refractivity contribution in [1.29, 1.82) is 0 Å². The number of aromatic nitrogens is 3. The van der Waals surface area contributed by atoms with Gasteiger partial charge in [-0.1, -0.05) is 5.16 Å². The van der Waals surface area contributed by atoms with Crippen molar-refractivity contribution in [3.63, 3.8) is 0 Å². The summed E-state index contributed by atoms with van der Waals surface area (Å²) < 4.78 is 59.4. The largest absolute Gasteiger partial charge is 0.497 e. The van der Waals surface area contributed by atoms with E-state index in [-0.39, 0.29) is 6.61 Å². The highest BCUT2D eigenvalue weighted by atomic mass is 19.4. The summed E-state index contributed by atoms with van der Waals surface area (Å²) in [6, 6.07) is 13.1. The van der Waals surface area contributed by atoms with Crippen LogP contribution < -0.4 is 15.2 Å². The zero-order chi connectivity index (χ0) is 30.3. The third-order valence-electron chi connectivity index (χ3n) is 6.10. The second-order valence-electron chi connectivity index (χ2n) is 9.02. The molecule has 12 nitrogen and oxygen atoms in total. The first-order valence-corrected chi connectivity index (χ1v) is 12.6. The van der Waals surface area contributed by atoms with E-state index in [9.17, 15) is 18.0 Å². The normalized spacial score (nSPS) is 13.7. The monoisotopic (exact) mass is 592 g/mol. The number of nitrogens with zero attached hydrogens (tertiary/aromatic N) is 3. The van der Waals surface area contributed by atoms with E-state index in [4.69, 9.17) is 33.5 Å². The average Bonchev–Trinajstić information content (AvgIpc) is 3.58. The second kappa shape index (κ2) is 13.4. The van der Waals surface area contributed by atoms with Crippen LogP contribution >= 0.6 is 0 Å². The highest BCUT2D eigenvalue weighted by molar-refractivity contribution is 5.73. The highest BCUT2D eigenvalue weighted by Crippen LogP contribution is 2.28. The molecule has 1 fully saturated rings. The van der Waals surface area contributed by atoms with E-state index in [2.05, 4.69) is 19.6 Å². The summed E-state index contributed by atoms with van der Waals surface area (Å²) in [5.41, 5.74) is 3.26. The van der Waals surface area contributed by atoms with Crippen molar-refractivity contribution in [2.24, 2.45) is 0 Å². The van der Waals surface area contributed by atoms with Gasteiger partial charge >= 0.3 is 17.9 Å². The maximum Gasteiger partial charge on any atom is 0.490 e. The van der Waals surface area contributed by atoms with E-state index in [1.54, 1.807) is 7.11 Å². The van der Waals surface area contributed by atoms with Gasteiger partial charge in [0, 0.05) is 24.2 Å². The van der Waals surface area contributed by atoms with Crippen LogP contribution in [0.1, 0.15) is 17.0 Å². The van der Waals surface area contributed by atoms with Crippen LogP contribution in [-0.4, -0.2) is 70.7 Å². The van der Waals surface area contributed by atoms with Crippen molar-refractivity contribution in [1.82, 2.24) is 20.0 Å². The van der Waals surface area contributed by atoms with Crippen molar-refractivity contribution in [3.05, 3.63) is 70.0 Å². The number of benzene rings is 2. The molecule has 15 heteroatoms. The molecular weight excluding hydrogens is 565 g/mol. The number of rotatable bonds is 8. The zero-order valence-corrected chi connectivity index (χ0v) is 22.6. The number of carbonyl (C=O) groups is 1. The average molecular weight is 593 g/mol. The van der Waals surface area contributed by atoms with Gasteiger partial charge in [-0.2, -0.15) is 13.2 Å². The quantitative estimate of drug-likeness (QED) is 0.305. The Kier molecular flexibility index (Phi) is 9.64. The molecule has 42 heavy (non-hydrogen) atoms. The smallest absolute Gasteiger partial charge is 0.490 e. The lowest BCUT2D eigenvalue weighted by molar-refractivity contribution is -0.192. The Bertz CT molecular complexity index is 1540. The molecule has 0 saturated carbocycles. The second-order valence-corrected chi connectivity index (χ2v) is 9.02. The summed E-state index contributed by atoms with van der Waals surface area (Å²) in [6.07, 6.45) is -5.08. The van der Waals surface area contributed by atoms with Gasteiger partial charge in [0.2, 0.25) is 5.89 Å². The molecular formula is C27H27F3N4O8. The molecule has 0 amide bonds. The molecule has 1 aliphatic heterocycles. The number of carboxylic acids is 1. The van der Waals surface area contributed by atoms with E-state index in [1.165, 1.54) is 0 Å². The van der Waals surface area contributed by atoms with E-state index < -0.39 is 17.9 Å². The van der Waals surface area contributed by atoms with Crippen molar-refractivity contribution in [2.45, 2.75) is 26.3 Å². The molecule has 0 unspecified atom stereocenters. The molecule has 0 atom stereocenters. The standard InChI is InChI=1S/C25H26N4O6.C2HF3O2/c1-16-13-19(7-8-20(16)23-27-25(30)35-28-23)33-15-21-22(14-29-9-11-32-12-10-29)34-24(26-21)17-3-5-18(31-2)6-4-17;3-2(4,5)1(6)7/h3-8,13H,9-12,14-15H2,1-2H3,(H,27,28,30);(H,6,7). The molecule has 5 rings (SSSR count). The summed E-state index contributed by atoms with van der Waals surface area (Å²) in [6.45, 7) is 5.87. The van der Waals surface area contributed by atoms with Gasteiger partial charge in [-0.3, -0.25) is 14.4 Å². The molecule has 0 radical (unpaired) electrons. The van der Waals surface area contributed by atoms with Crippen molar-refractivity contribution < 1.29 is 46.2 Å². The van der Waals surface area contributed by atoms with E-state index in [0.29, 0.717) is 37.2 Å². The van der Waals surface area contributed by atoms with Gasteiger partial charge in [-0.15, -0.1) is 0 Å². The number of aliphatic carboxylic acids is 1. The Hall–Kier alpha value is -4.63. The molecule has 0 spiro atoms. The summed E-state index contributed by atoms with van der Waals surface area (Å²) in [5, 5.41) is 10.9. The number of oxazole rings is 1. The van der Waals surface area contributed by atoms with Crippen LogP contribution in [-0.2, 0) is 22.7 Å². The lowest BCUT2D eigenvalue weighted by atomic mass is 10.1. The molecule has 0 aliphatic carbocycles. The number of halogens is 3. The minimum atomic E-state index is -5.08. The molecule has 2 N–H and O–H groups in total. The number of hydrogen-bond donors (Lipinski definition) is 2. The summed E-state index contributed by atoms with van der Waals surface area (Å²) in [5.74, 6) is -0.220. The van der Waals surface area contributed by atoms with Gasteiger partial charge in [-0.25, -0.2) is 14.6 Å².